The normalized spacial score (nSPS) is 12.4. The van der Waals surface area contributed by atoms with E-state index in [2.05, 4.69) is 47.1 Å². The average Bonchev–Trinajstić information content (AvgIpc) is 2.42. The monoisotopic (exact) mass is 320 g/mol. The van der Waals surface area contributed by atoms with Gasteiger partial charge >= 0.3 is 0 Å². The number of hydrogen-bond acceptors (Lipinski definition) is 0. The Labute approximate surface area is 122 Å². The highest BCUT2D eigenvalue weighted by Gasteiger charge is 2.11. The van der Waals surface area contributed by atoms with Crippen LogP contribution in [0.5, 0.6) is 0 Å². The molecule has 0 aliphatic carbocycles. The second-order valence-electron chi connectivity index (χ2n) is 4.75. The van der Waals surface area contributed by atoms with Crippen LogP contribution in [0, 0.1) is 5.82 Å². The summed E-state index contributed by atoms with van der Waals surface area (Å²) >= 11 is 3.65. The van der Waals surface area contributed by atoms with Crippen LogP contribution >= 0.6 is 15.9 Å². The van der Waals surface area contributed by atoms with Crippen molar-refractivity contribution in [1.29, 1.82) is 0 Å². The number of alkyl halides is 1. The van der Waals surface area contributed by atoms with Gasteiger partial charge in [0.2, 0.25) is 0 Å². The SMILES string of the molecule is CCCc1ccc(C(Br)Cc2ccccc2F)cc1. The van der Waals surface area contributed by atoms with Crippen LogP contribution in [0.2, 0.25) is 0 Å². The van der Waals surface area contributed by atoms with Crippen molar-refractivity contribution in [2.24, 2.45) is 0 Å². The number of rotatable bonds is 5. The first kappa shape index (κ1) is 14.3. The number of aryl methyl sites for hydroxylation is 1. The molecule has 2 rings (SSSR count). The van der Waals surface area contributed by atoms with Crippen LogP contribution in [0.25, 0.3) is 0 Å². The first-order valence-corrected chi connectivity index (χ1v) is 7.58. The number of benzene rings is 2. The zero-order chi connectivity index (χ0) is 13.7. The Hall–Kier alpha value is -1.15. The lowest BCUT2D eigenvalue weighted by molar-refractivity contribution is 0.608. The Kier molecular flexibility index (Phi) is 5.15. The maximum Gasteiger partial charge on any atom is 0.126 e. The quantitative estimate of drug-likeness (QED) is 0.642. The molecule has 2 aromatic carbocycles. The zero-order valence-corrected chi connectivity index (χ0v) is 12.7. The third kappa shape index (κ3) is 3.90. The molecule has 2 heteroatoms. The molecule has 0 fully saturated rings. The fraction of sp³-hybridized carbons (Fsp3) is 0.294. The van der Waals surface area contributed by atoms with Gasteiger partial charge in [0.1, 0.15) is 5.82 Å². The van der Waals surface area contributed by atoms with Crippen molar-refractivity contribution < 1.29 is 4.39 Å². The maximum absolute atomic E-state index is 13.6. The number of hydrogen-bond donors (Lipinski definition) is 0. The minimum atomic E-state index is -0.130. The molecule has 0 aliphatic rings. The first-order chi connectivity index (χ1) is 9.20. The van der Waals surface area contributed by atoms with Crippen molar-refractivity contribution in [3.05, 3.63) is 71.0 Å². The molecule has 0 nitrogen and oxygen atoms in total. The van der Waals surface area contributed by atoms with E-state index in [1.165, 1.54) is 17.2 Å². The van der Waals surface area contributed by atoms with Crippen LogP contribution in [0.1, 0.15) is 34.9 Å². The predicted molar refractivity (Wildman–Crippen MR) is 82.2 cm³/mol. The molecule has 0 bridgehead atoms. The lowest BCUT2D eigenvalue weighted by atomic mass is 10.0. The molecule has 0 spiro atoms. The van der Waals surface area contributed by atoms with E-state index in [-0.39, 0.29) is 10.6 Å². The predicted octanol–water partition coefficient (Wildman–Crippen LogP) is 5.46. The Morgan fingerprint density at radius 3 is 2.37 bits per heavy atom. The average molecular weight is 321 g/mol. The van der Waals surface area contributed by atoms with Crippen LogP contribution in [0.3, 0.4) is 0 Å². The van der Waals surface area contributed by atoms with E-state index in [9.17, 15) is 4.39 Å². The third-order valence-corrected chi connectivity index (χ3v) is 4.09. The van der Waals surface area contributed by atoms with Gasteiger partial charge in [0.25, 0.3) is 0 Å². The van der Waals surface area contributed by atoms with Crippen molar-refractivity contribution in [2.75, 3.05) is 0 Å². The van der Waals surface area contributed by atoms with E-state index in [0.29, 0.717) is 6.42 Å². The van der Waals surface area contributed by atoms with E-state index in [1.807, 2.05) is 12.1 Å². The van der Waals surface area contributed by atoms with Gasteiger partial charge in [0.15, 0.2) is 0 Å². The van der Waals surface area contributed by atoms with Crippen LogP contribution in [0.15, 0.2) is 48.5 Å². The molecule has 0 radical (unpaired) electrons. The van der Waals surface area contributed by atoms with Crippen LogP contribution in [0.4, 0.5) is 4.39 Å². The van der Waals surface area contributed by atoms with Crippen molar-refractivity contribution >= 4 is 15.9 Å². The van der Waals surface area contributed by atoms with Crippen molar-refractivity contribution in [1.82, 2.24) is 0 Å². The molecule has 0 amide bonds. The molecule has 100 valence electrons. The van der Waals surface area contributed by atoms with Crippen LogP contribution in [-0.4, -0.2) is 0 Å². The summed E-state index contributed by atoms with van der Waals surface area (Å²) in [7, 11) is 0. The summed E-state index contributed by atoms with van der Waals surface area (Å²) in [6.07, 6.45) is 2.94. The summed E-state index contributed by atoms with van der Waals surface area (Å²) in [5.74, 6) is -0.130. The molecule has 19 heavy (non-hydrogen) atoms. The van der Waals surface area contributed by atoms with Gasteiger partial charge < -0.3 is 0 Å². The highest BCUT2D eigenvalue weighted by molar-refractivity contribution is 9.09. The molecule has 0 saturated heterocycles. The third-order valence-electron chi connectivity index (χ3n) is 3.24. The molecule has 0 aromatic heterocycles. The van der Waals surface area contributed by atoms with Crippen molar-refractivity contribution in [3.63, 3.8) is 0 Å². The maximum atomic E-state index is 13.6. The van der Waals surface area contributed by atoms with Gasteiger partial charge in [0, 0.05) is 4.83 Å². The minimum absolute atomic E-state index is 0.130. The van der Waals surface area contributed by atoms with Gasteiger partial charge in [-0.05, 0) is 35.6 Å². The minimum Gasteiger partial charge on any atom is -0.207 e. The van der Waals surface area contributed by atoms with Crippen molar-refractivity contribution in [2.45, 2.75) is 31.0 Å². The second-order valence-corrected chi connectivity index (χ2v) is 5.86. The summed E-state index contributed by atoms with van der Waals surface area (Å²) in [6.45, 7) is 2.18. The Balaban J connectivity index is 2.07. The molecule has 1 atom stereocenters. The molecular formula is C17H18BrF. The zero-order valence-electron chi connectivity index (χ0n) is 11.1. The van der Waals surface area contributed by atoms with E-state index in [0.717, 1.165) is 18.4 Å². The van der Waals surface area contributed by atoms with Gasteiger partial charge in [-0.25, -0.2) is 4.39 Å². The molecule has 0 saturated carbocycles. The Morgan fingerprint density at radius 2 is 1.74 bits per heavy atom. The van der Waals surface area contributed by atoms with Gasteiger partial charge in [0.05, 0.1) is 0 Å². The summed E-state index contributed by atoms with van der Waals surface area (Å²) in [5, 5.41) is 0. The van der Waals surface area contributed by atoms with E-state index >= 15 is 0 Å². The molecule has 0 heterocycles. The summed E-state index contributed by atoms with van der Waals surface area (Å²) in [5.41, 5.74) is 3.31. The van der Waals surface area contributed by atoms with E-state index in [4.69, 9.17) is 0 Å². The smallest absolute Gasteiger partial charge is 0.126 e. The molecule has 0 N–H and O–H groups in total. The lowest BCUT2D eigenvalue weighted by Crippen LogP contribution is -1.98. The Bertz CT molecular complexity index is 519. The van der Waals surface area contributed by atoms with Gasteiger partial charge in [-0.3, -0.25) is 0 Å². The van der Waals surface area contributed by atoms with E-state index in [1.54, 1.807) is 6.07 Å². The van der Waals surface area contributed by atoms with Gasteiger partial charge in [-0.15, -0.1) is 0 Å². The van der Waals surface area contributed by atoms with Crippen molar-refractivity contribution in [3.8, 4) is 0 Å². The molecule has 1 unspecified atom stereocenters. The van der Waals surface area contributed by atoms with E-state index < -0.39 is 0 Å². The second kappa shape index (κ2) is 6.85. The van der Waals surface area contributed by atoms with Crippen LogP contribution in [-0.2, 0) is 12.8 Å². The van der Waals surface area contributed by atoms with Crippen LogP contribution < -0.4 is 0 Å². The highest BCUT2D eigenvalue weighted by atomic mass is 79.9. The largest absolute Gasteiger partial charge is 0.207 e. The summed E-state index contributed by atoms with van der Waals surface area (Å²) in [4.78, 5) is 0.153. The number of halogens is 2. The topological polar surface area (TPSA) is 0 Å². The Morgan fingerprint density at radius 1 is 1.05 bits per heavy atom. The lowest BCUT2D eigenvalue weighted by Gasteiger charge is -2.11. The first-order valence-electron chi connectivity index (χ1n) is 6.67. The summed E-state index contributed by atoms with van der Waals surface area (Å²) < 4.78 is 13.6. The summed E-state index contributed by atoms with van der Waals surface area (Å²) in [6, 6.07) is 15.5. The van der Waals surface area contributed by atoms with Gasteiger partial charge in [-0.1, -0.05) is 71.7 Å². The fourth-order valence-corrected chi connectivity index (χ4v) is 2.81. The molecular weight excluding hydrogens is 303 g/mol. The highest BCUT2D eigenvalue weighted by Crippen LogP contribution is 2.28. The fourth-order valence-electron chi connectivity index (χ4n) is 2.16. The molecule has 0 aliphatic heterocycles. The standard InChI is InChI=1S/C17H18BrF/c1-2-5-13-8-10-14(11-9-13)16(18)12-15-6-3-4-7-17(15)19/h3-4,6-11,16H,2,5,12H2,1H3. The van der Waals surface area contributed by atoms with Gasteiger partial charge in [-0.2, -0.15) is 0 Å². The molecule has 2 aromatic rings.